The number of carbonyl (C=O) groups is 2. The van der Waals surface area contributed by atoms with Crippen LogP contribution in [0.5, 0.6) is 0 Å². The van der Waals surface area contributed by atoms with Gasteiger partial charge < -0.3 is 15.4 Å². The zero-order chi connectivity index (χ0) is 18.5. The summed E-state index contributed by atoms with van der Waals surface area (Å²) >= 11 is 0. The van der Waals surface area contributed by atoms with Gasteiger partial charge in [-0.3, -0.25) is 9.78 Å². The molecule has 2 heterocycles. The van der Waals surface area contributed by atoms with E-state index < -0.39 is 0 Å². The molecule has 2 amide bonds. The van der Waals surface area contributed by atoms with Crippen LogP contribution in [0.4, 0.5) is 4.79 Å². The Labute approximate surface area is 153 Å². The molecule has 0 aliphatic carbocycles. The zero-order valence-corrected chi connectivity index (χ0v) is 14.8. The lowest BCUT2D eigenvalue weighted by Crippen LogP contribution is -2.43. The number of hydrogen-bond donors (Lipinski definition) is 1. The fourth-order valence-electron chi connectivity index (χ4n) is 3.17. The first-order valence-electron chi connectivity index (χ1n) is 8.80. The maximum absolute atomic E-state index is 12.3. The molecule has 2 atom stereocenters. The number of benzene rings is 1. The van der Waals surface area contributed by atoms with Crippen LogP contribution in [0.3, 0.4) is 0 Å². The van der Waals surface area contributed by atoms with Gasteiger partial charge >= 0.3 is 6.09 Å². The van der Waals surface area contributed by atoms with Gasteiger partial charge in [0.05, 0.1) is 6.04 Å². The summed E-state index contributed by atoms with van der Waals surface area (Å²) < 4.78 is 5.46. The number of cyclic esters (lactones) is 1. The van der Waals surface area contributed by atoms with E-state index in [1.165, 1.54) is 0 Å². The van der Waals surface area contributed by atoms with Crippen LogP contribution in [0.2, 0.25) is 0 Å². The first kappa shape index (κ1) is 17.9. The van der Waals surface area contributed by atoms with Gasteiger partial charge in [-0.2, -0.15) is 0 Å². The third-order valence-corrected chi connectivity index (χ3v) is 4.76. The van der Waals surface area contributed by atoms with Gasteiger partial charge in [0.15, 0.2) is 0 Å². The lowest BCUT2D eigenvalue weighted by atomic mass is 10.0. The van der Waals surface area contributed by atoms with E-state index in [4.69, 9.17) is 10.5 Å². The van der Waals surface area contributed by atoms with E-state index in [1.807, 2.05) is 49.5 Å². The van der Waals surface area contributed by atoms with Gasteiger partial charge in [-0.05, 0) is 36.1 Å². The molecule has 1 aliphatic rings. The minimum Gasteiger partial charge on any atom is -0.446 e. The van der Waals surface area contributed by atoms with Crippen LogP contribution in [-0.4, -0.2) is 34.5 Å². The van der Waals surface area contributed by atoms with Crippen molar-refractivity contribution in [1.82, 2.24) is 9.88 Å². The lowest BCUT2D eigenvalue weighted by molar-refractivity contribution is -0.118. The Bertz CT molecular complexity index is 762. The number of amides is 2. The number of nitrogens with two attached hydrogens (primary N) is 1. The van der Waals surface area contributed by atoms with Crippen LogP contribution in [-0.2, 0) is 9.53 Å². The molecule has 0 saturated carbocycles. The minimum absolute atomic E-state index is 0.0810. The molecular formula is C20H23N3O3. The molecule has 2 unspecified atom stereocenters. The molecule has 0 bridgehead atoms. The number of pyridine rings is 1. The highest BCUT2D eigenvalue weighted by atomic mass is 16.6. The van der Waals surface area contributed by atoms with Gasteiger partial charge in [0.2, 0.25) is 5.91 Å². The van der Waals surface area contributed by atoms with Crippen molar-refractivity contribution in [1.29, 1.82) is 0 Å². The van der Waals surface area contributed by atoms with Crippen LogP contribution in [0, 0.1) is 0 Å². The summed E-state index contributed by atoms with van der Waals surface area (Å²) in [6, 6.07) is 12.0. The van der Waals surface area contributed by atoms with Gasteiger partial charge in [-0.1, -0.05) is 30.3 Å². The average Bonchev–Trinajstić information content (AvgIpc) is 2.67. The van der Waals surface area contributed by atoms with E-state index in [1.54, 1.807) is 11.1 Å². The van der Waals surface area contributed by atoms with E-state index in [0.29, 0.717) is 19.4 Å². The Morgan fingerprint density at radius 2 is 2.08 bits per heavy atom. The molecule has 1 aromatic heterocycles. The van der Waals surface area contributed by atoms with Gasteiger partial charge in [0.25, 0.3) is 0 Å². The van der Waals surface area contributed by atoms with Crippen molar-refractivity contribution in [2.45, 2.75) is 38.3 Å². The second-order valence-corrected chi connectivity index (χ2v) is 6.53. The summed E-state index contributed by atoms with van der Waals surface area (Å²) in [5.41, 5.74) is 8.34. The van der Waals surface area contributed by atoms with E-state index in [0.717, 1.165) is 16.7 Å². The van der Waals surface area contributed by atoms with Gasteiger partial charge in [-0.25, -0.2) is 4.79 Å². The number of aromatic nitrogens is 1. The molecule has 1 aliphatic heterocycles. The van der Waals surface area contributed by atoms with Crippen LogP contribution < -0.4 is 5.73 Å². The van der Waals surface area contributed by atoms with E-state index in [9.17, 15) is 9.59 Å². The predicted octanol–water partition coefficient (Wildman–Crippen LogP) is 3.29. The normalized spacial score (nSPS) is 18.3. The van der Waals surface area contributed by atoms with Crippen LogP contribution in [0.15, 0.2) is 48.8 Å². The smallest absolute Gasteiger partial charge is 0.410 e. The monoisotopic (exact) mass is 353 g/mol. The Morgan fingerprint density at radius 3 is 2.69 bits per heavy atom. The summed E-state index contributed by atoms with van der Waals surface area (Å²) in [7, 11) is 0. The molecule has 1 aromatic carbocycles. The van der Waals surface area contributed by atoms with Crippen molar-refractivity contribution in [3.05, 3.63) is 54.4 Å². The topological polar surface area (TPSA) is 85.5 Å². The highest BCUT2D eigenvalue weighted by molar-refractivity contribution is 5.74. The fraction of sp³-hybridized carbons (Fsp3) is 0.350. The minimum atomic E-state index is -0.370. The Hall–Kier alpha value is -2.89. The Morgan fingerprint density at radius 1 is 1.31 bits per heavy atom. The maximum atomic E-state index is 12.3. The van der Waals surface area contributed by atoms with E-state index in [-0.39, 0.29) is 30.6 Å². The van der Waals surface area contributed by atoms with E-state index >= 15 is 0 Å². The molecule has 26 heavy (non-hydrogen) atoms. The number of primary amides is 1. The maximum Gasteiger partial charge on any atom is 0.410 e. The Kier molecular flexibility index (Phi) is 5.51. The van der Waals surface area contributed by atoms with Crippen molar-refractivity contribution in [3.8, 4) is 11.1 Å². The molecule has 2 N–H and O–H groups in total. The molecule has 1 fully saturated rings. The van der Waals surface area contributed by atoms with Crippen molar-refractivity contribution in [2.24, 2.45) is 5.73 Å². The summed E-state index contributed by atoms with van der Waals surface area (Å²) in [6.07, 6.45) is 4.44. The van der Waals surface area contributed by atoms with Crippen LogP contribution >= 0.6 is 0 Å². The Balaban J connectivity index is 1.63. The number of nitrogens with zero attached hydrogens (tertiary/aromatic N) is 2. The standard InChI is InChI=1S/C20H23N3O3/c1-14(23-12-10-18(26-20(23)25)8-9-19(21)24)15-4-6-16(7-5-15)17-3-2-11-22-13-17/h2-7,11,13-14,18H,8-10,12H2,1H3,(H2,21,24). The number of rotatable bonds is 6. The van der Waals surface area contributed by atoms with Crippen LogP contribution in [0.25, 0.3) is 11.1 Å². The first-order valence-corrected chi connectivity index (χ1v) is 8.80. The van der Waals surface area contributed by atoms with Gasteiger partial charge in [-0.15, -0.1) is 0 Å². The van der Waals surface area contributed by atoms with Gasteiger partial charge in [0, 0.05) is 31.8 Å². The zero-order valence-electron chi connectivity index (χ0n) is 14.8. The molecule has 6 heteroatoms. The third kappa shape index (κ3) is 4.20. The molecule has 0 radical (unpaired) electrons. The molecule has 1 saturated heterocycles. The second-order valence-electron chi connectivity index (χ2n) is 6.53. The molecule has 6 nitrogen and oxygen atoms in total. The molecule has 136 valence electrons. The van der Waals surface area contributed by atoms with Crippen molar-refractivity contribution in [2.75, 3.05) is 6.54 Å². The predicted molar refractivity (Wildman–Crippen MR) is 98.1 cm³/mol. The van der Waals surface area contributed by atoms with Crippen molar-refractivity contribution in [3.63, 3.8) is 0 Å². The molecule has 0 spiro atoms. The molecule has 2 aromatic rings. The summed E-state index contributed by atoms with van der Waals surface area (Å²) in [6.45, 7) is 2.60. The second kappa shape index (κ2) is 7.99. The SMILES string of the molecule is CC(c1ccc(-c2cccnc2)cc1)N1CCC(CCC(N)=O)OC1=O. The largest absolute Gasteiger partial charge is 0.446 e. The van der Waals surface area contributed by atoms with Gasteiger partial charge in [0.1, 0.15) is 6.10 Å². The summed E-state index contributed by atoms with van der Waals surface area (Å²) in [4.78, 5) is 29.1. The fourth-order valence-corrected chi connectivity index (χ4v) is 3.17. The van der Waals surface area contributed by atoms with Crippen LogP contribution in [0.1, 0.15) is 37.8 Å². The van der Waals surface area contributed by atoms with E-state index in [2.05, 4.69) is 4.98 Å². The number of ether oxygens (including phenoxy) is 1. The highest BCUT2D eigenvalue weighted by Crippen LogP contribution is 2.28. The van der Waals surface area contributed by atoms with Crippen molar-refractivity contribution >= 4 is 12.0 Å². The molecule has 3 rings (SSSR count). The first-order chi connectivity index (χ1) is 12.5. The van der Waals surface area contributed by atoms with Crippen molar-refractivity contribution < 1.29 is 14.3 Å². The average molecular weight is 353 g/mol. The quantitative estimate of drug-likeness (QED) is 0.863. The lowest BCUT2D eigenvalue weighted by Gasteiger charge is -2.35. The number of hydrogen-bond acceptors (Lipinski definition) is 4. The summed E-state index contributed by atoms with van der Waals surface area (Å²) in [5, 5.41) is 0. The molecular weight excluding hydrogens is 330 g/mol. The number of carbonyl (C=O) groups excluding carboxylic acids is 2. The highest BCUT2D eigenvalue weighted by Gasteiger charge is 2.30. The third-order valence-electron chi connectivity index (χ3n) is 4.76. The summed E-state index contributed by atoms with van der Waals surface area (Å²) in [5.74, 6) is -0.370.